The second-order valence-electron chi connectivity index (χ2n) is 3.18. The van der Waals surface area contributed by atoms with Gasteiger partial charge in [-0.2, -0.15) is 5.26 Å². The smallest absolute Gasteiger partial charge is 0.175 e. The molecule has 1 unspecified atom stereocenters. The van der Waals surface area contributed by atoms with Crippen LogP contribution in [0.4, 0.5) is 0 Å². The number of hydrogen-bond acceptors (Lipinski definition) is 3. The number of sulfone groups is 1. The molecule has 80 valence electrons. The maximum atomic E-state index is 11.2. The lowest BCUT2D eigenvalue weighted by Gasteiger charge is -2.05. The van der Waals surface area contributed by atoms with E-state index in [4.69, 9.17) is 16.9 Å². The number of benzene rings is 1. The first-order valence-corrected chi connectivity index (χ1v) is 6.67. The second kappa shape index (κ2) is 4.65. The number of halogens is 1. The Balaban J connectivity index is 3.06. The lowest BCUT2D eigenvalue weighted by atomic mass is 10.0. The average molecular weight is 244 g/mol. The molecule has 0 aliphatic rings. The van der Waals surface area contributed by atoms with Crippen molar-refractivity contribution in [2.45, 2.75) is 10.8 Å². The normalized spacial score (nSPS) is 13.1. The molecule has 1 rings (SSSR count). The molecule has 0 spiro atoms. The highest BCUT2D eigenvalue weighted by Gasteiger charge is 2.11. The van der Waals surface area contributed by atoms with E-state index in [1.807, 2.05) is 6.07 Å². The Morgan fingerprint density at radius 1 is 1.40 bits per heavy atom. The van der Waals surface area contributed by atoms with Crippen molar-refractivity contribution in [3.8, 4) is 6.07 Å². The summed E-state index contributed by atoms with van der Waals surface area (Å²) in [5.41, 5.74) is 0.736. The third kappa shape index (κ3) is 2.95. The van der Waals surface area contributed by atoms with Crippen molar-refractivity contribution in [2.75, 3.05) is 12.1 Å². The quantitative estimate of drug-likeness (QED) is 0.763. The van der Waals surface area contributed by atoms with Crippen LogP contribution in [0, 0.1) is 11.3 Å². The average Bonchev–Trinajstić information content (AvgIpc) is 2.19. The van der Waals surface area contributed by atoms with Crippen molar-refractivity contribution >= 4 is 21.4 Å². The van der Waals surface area contributed by atoms with Crippen molar-refractivity contribution in [1.82, 2.24) is 0 Å². The minimum Gasteiger partial charge on any atom is -0.224 e. The van der Waals surface area contributed by atoms with E-state index in [0.717, 1.165) is 11.8 Å². The molecule has 0 bridgehead atoms. The summed E-state index contributed by atoms with van der Waals surface area (Å²) in [7, 11) is -3.17. The minimum atomic E-state index is -3.17. The van der Waals surface area contributed by atoms with Crippen LogP contribution in [0.1, 0.15) is 11.5 Å². The largest absolute Gasteiger partial charge is 0.224 e. The molecule has 0 aliphatic carbocycles. The molecular weight excluding hydrogens is 234 g/mol. The summed E-state index contributed by atoms with van der Waals surface area (Å²) in [6.45, 7) is 0. The Bertz CT molecular complexity index is 473. The van der Waals surface area contributed by atoms with Gasteiger partial charge in [0, 0.05) is 12.1 Å². The minimum absolute atomic E-state index is 0.203. The summed E-state index contributed by atoms with van der Waals surface area (Å²) in [5.74, 6) is -0.186. The van der Waals surface area contributed by atoms with Crippen LogP contribution >= 0.6 is 11.6 Å². The highest BCUT2D eigenvalue weighted by Crippen LogP contribution is 2.18. The van der Waals surface area contributed by atoms with Gasteiger partial charge in [-0.15, -0.1) is 11.6 Å². The lowest BCUT2D eigenvalue weighted by Crippen LogP contribution is -2.00. The van der Waals surface area contributed by atoms with Crippen molar-refractivity contribution in [3.05, 3.63) is 29.8 Å². The topological polar surface area (TPSA) is 57.9 Å². The third-order valence-electron chi connectivity index (χ3n) is 2.02. The molecule has 5 heteroatoms. The van der Waals surface area contributed by atoms with Crippen LogP contribution in [0.3, 0.4) is 0 Å². The SMILES string of the molecule is CS(=O)(=O)c1ccc(C(C#N)CCl)cc1. The molecule has 1 aromatic rings. The van der Waals surface area contributed by atoms with Crippen LogP contribution in [0.25, 0.3) is 0 Å². The van der Waals surface area contributed by atoms with Gasteiger partial charge in [-0.05, 0) is 17.7 Å². The van der Waals surface area contributed by atoms with E-state index < -0.39 is 9.84 Å². The molecule has 15 heavy (non-hydrogen) atoms. The Hall–Kier alpha value is -1.05. The Kier molecular flexibility index (Phi) is 3.72. The summed E-state index contributed by atoms with van der Waals surface area (Å²) in [6.07, 6.45) is 1.14. The molecular formula is C10H10ClNO2S. The molecule has 0 saturated carbocycles. The first kappa shape index (κ1) is 12.0. The molecule has 0 saturated heterocycles. The van der Waals surface area contributed by atoms with E-state index in [2.05, 4.69) is 0 Å². The molecule has 0 aliphatic heterocycles. The number of hydrogen-bond donors (Lipinski definition) is 0. The predicted octanol–water partition coefficient (Wildman–Crippen LogP) is 1.94. The first-order chi connectivity index (χ1) is 6.99. The highest BCUT2D eigenvalue weighted by molar-refractivity contribution is 7.90. The van der Waals surface area contributed by atoms with Gasteiger partial charge in [-0.25, -0.2) is 8.42 Å². The molecule has 0 aromatic heterocycles. The maximum absolute atomic E-state index is 11.2. The Morgan fingerprint density at radius 3 is 2.27 bits per heavy atom. The van der Waals surface area contributed by atoms with Crippen LogP contribution in [0.5, 0.6) is 0 Å². The fraction of sp³-hybridized carbons (Fsp3) is 0.300. The van der Waals surface area contributed by atoms with Crippen LogP contribution in [0.2, 0.25) is 0 Å². The molecule has 0 N–H and O–H groups in total. The van der Waals surface area contributed by atoms with Gasteiger partial charge < -0.3 is 0 Å². The van der Waals surface area contributed by atoms with E-state index in [0.29, 0.717) is 0 Å². The fourth-order valence-corrected chi connectivity index (χ4v) is 2.02. The maximum Gasteiger partial charge on any atom is 0.175 e. The predicted molar refractivity (Wildman–Crippen MR) is 58.6 cm³/mol. The summed E-state index contributed by atoms with van der Waals surface area (Å²) in [5, 5.41) is 8.76. The van der Waals surface area contributed by atoms with Gasteiger partial charge in [0.2, 0.25) is 0 Å². The van der Waals surface area contributed by atoms with E-state index in [1.54, 1.807) is 12.1 Å². The van der Waals surface area contributed by atoms with E-state index in [-0.39, 0.29) is 16.7 Å². The molecule has 0 fully saturated rings. The Labute approximate surface area is 94.2 Å². The van der Waals surface area contributed by atoms with E-state index in [9.17, 15) is 8.42 Å². The van der Waals surface area contributed by atoms with Crippen molar-refractivity contribution in [2.24, 2.45) is 0 Å². The molecule has 3 nitrogen and oxygen atoms in total. The van der Waals surface area contributed by atoms with Crippen LogP contribution in [-0.4, -0.2) is 20.6 Å². The second-order valence-corrected chi connectivity index (χ2v) is 5.50. The van der Waals surface area contributed by atoms with Crippen molar-refractivity contribution in [1.29, 1.82) is 5.26 Å². The zero-order valence-corrected chi connectivity index (χ0v) is 9.72. The molecule has 1 aromatic carbocycles. The van der Waals surface area contributed by atoms with Crippen LogP contribution < -0.4 is 0 Å². The summed E-state index contributed by atoms with van der Waals surface area (Å²) in [6, 6.07) is 8.26. The van der Waals surface area contributed by atoms with Crippen molar-refractivity contribution in [3.63, 3.8) is 0 Å². The van der Waals surface area contributed by atoms with Gasteiger partial charge in [0.25, 0.3) is 0 Å². The summed E-state index contributed by atoms with van der Waals surface area (Å²) in [4.78, 5) is 0.248. The number of nitrogens with zero attached hydrogens (tertiary/aromatic N) is 1. The van der Waals surface area contributed by atoms with Gasteiger partial charge in [0.15, 0.2) is 9.84 Å². The van der Waals surface area contributed by atoms with Gasteiger partial charge in [-0.1, -0.05) is 12.1 Å². The van der Waals surface area contributed by atoms with Gasteiger partial charge in [0.1, 0.15) is 0 Å². The number of rotatable bonds is 3. The van der Waals surface area contributed by atoms with Crippen LogP contribution in [0.15, 0.2) is 29.2 Å². The van der Waals surface area contributed by atoms with Crippen LogP contribution in [-0.2, 0) is 9.84 Å². The van der Waals surface area contributed by atoms with Gasteiger partial charge in [0.05, 0.1) is 16.9 Å². The van der Waals surface area contributed by atoms with Gasteiger partial charge in [-0.3, -0.25) is 0 Å². The number of nitriles is 1. The third-order valence-corrected chi connectivity index (χ3v) is 3.46. The molecule has 0 heterocycles. The summed E-state index contributed by atoms with van der Waals surface area (Å²) < 4.78 is 22.3. The van der Waals surface area contributed by atoms with Crippen molar-refractivity contribution < 1.29 is 8.42 Å². The van der Waals surface area contributed by atoms with E-state index >= 15 is 0 Å². The molecule has 0 radical (unpaired) electrons. The fourth-order valence-electron chi connectivity index (χ4n) is 1.15. The highest BCUT2D eigenvalue weighted by atomic mass is 35.5. The number of alkyl halides is 1. The van der Waals surface area contributed by atoms with Gasteiger partial charge >= 0.3 is 0 Å². The zero-order valence-electron chi connectivity index (χ0n) is 8.14. The summed E-state index contributed by atoms with van der Waals surface area (Å²) >= 11 is 5.59. The van der Waals surface area contributed by atoms with E-state index in [1.165, 1.54) is 12.1 Å². The molecule has 0 amide bonds. The Morgan fingerprint density at radius 2 is 1.93 bits per heavy atom. The molecule has 1 atom stereocenters. The standard InChI is InChI=1S/C10H10ClNO2S/c1-15(13,14)10-4-2-8(3-5-10)9(6-11)7-12/h2-5,9H,6H2,1H3. The lowest BCUT2D eigenvalue weighted by molar-refractivity contribution is 0.602. The first-order valence-electron chi connectivity index (χ1n) is 4.24. The zero-order chi connectivity index (χ0) is 11.5. The monoisotopic (exact) mass is 243 g/mol.